The number of hydrogen-bond acceptors (Lipinski definition) is 2. The Bertz CT molecular complexity index is 419. The highest BCUT2D eigenvalue weighted by atomic mass is 35.5. The summed E-state index contributed by atoms with van der Waals surface area (Å²) >= 11 is 10.6. The Labute approximate surface area is 112 Å². The summed E-state index contributed by atoms with van der Waals surface area (Å²) in [6.45, 7) is 1.91. The Balaban J connectivity index is 2.75. The first-order valence-corrected chi connectivity index (χ1v) is 6.01. The number of halogens is 1. The van der Waals surface area contributed by atoms with Crippen LogP contribution in [0.25, 0.3) is 0 Å². The van der Waals surface area contributed by atoms with E-state index in [4.69, 9.17) is 29.6 Å². The van der Waals surface area contributed by atoms with Crippen LogP contribution < -0.4 is 5.73 Å². The van der Waals surface area contributed by atoms with Crippen LogP contribution in [-0.4, -0.2) is 28.9 Å². The largest absolute Gasteiger partial charge is 0.393 e. The minimum Gasteiger partial charge on any atom is -0.393 e. The van der Waals surface area contributed by atoms with Gasteiger partial charge in [0.1, 0.15) is 0 Å². The molecule has 17 heavy (non-hydrogen) atoms. The minimum absolute atomic E-state index is 0.0179. The number of amides is 1. The molecular weight excluding hydrogens is 256 g/mol. The molecular formula is C12H15ClN2OS. The van der Waals surface area contributed by atoms with Crippen molar-refractivity contribution in [3.63, 3.8) is 0 Å². The molecule has 0 spiro atoms. The molecule has 0 saturated heterocycles. The van der Waals surface area contributed by atoms with Crippen molar-refractivity contribution in [3.05, 3.63) is 34.9 Å². The molecule has 0 radical (unpaired) electrons. The van der Waals surface area contributed by atoms with E-state index in [9.17, 15) is 4.79 Å². The van der Waals surface area contributed by atoms with Gasteiger partial charge in [0.2, 0.25) is 0 Å². The molecule has 92 valence electrons. The van der Waals surface area contributed by atoms with Crippen LogP contribution in [0.1, 0.15) is 23.7 Å². The van der Waals surface area contributed by atoms with Crippen LogP contribution in [0.5, 0.6) is 0 Å². The maximum atomic E-state index is 12.1. The van der Waals surface area contributed by atoms with Gasteiger partial charge in [-0.25, -0.2) is 0 Å². The quantitative estimate of drug-likeness (QED) is 0.855. The Kier molecular flexibility index (Phi) is 4.90. The highest BCUT2D eigenvalue weighted by Gasteiger charge is 2.17. The number of rotatable bonds is 4. The van der Waals surface area contributed by atoms with Crippen molar-refractivity contribution in [2.75, 3.05) is 7.05 Å². The van der Waals surface area contributed by atoms with Gasteiger partial charge in [0.15, 0.2) is 0 Å². The number of hydrogen-bond donors (Lipinski definition) is 1. The predicted octanol–water partition coefficient (Wildman–Crippen LogP) is 2.48. The summed E-state index contributed by atoms with van der Waals surface area (Å²) in [5.74, 6) is -0.0644. The van der Waals surface area contributed by atoms with Crippen molar-refractivity contribution in [3.8, 4) is 0 Å². The van der Waals surface area contributed by atoms with Gasteiger partial charge in [-0.3, -0.25) is 4.79 Å². The van der Waals surface area contributed by atoms with E-state index in [0.717, 1.165) is 0 Å². The Morgan fingerprint density at radius 1 is 1.47 bits per heavy atom. The predicted molar refractivity (Wildman–Crippen MR) is 74.4 cm³/mol. The number of carbonyl (C=O) groups excluding carboxylic acids is 1. The van der Waals surface area contributed by atoms with Gasteiger partial charge in [0.05, 0.1) is 4.99 Å². The maximum Gasteiger partial charge on any atom is 0.253 e. The van der Waals surface area contributed by atoms with E-state index >= 15 is 0 Å². The lowest BCUT2D eigenvalue weighted by Crippen LogP contribution is -2.37. The van der Waals surface area contributed by atoms with Crippen LogP contribution in [-0.2, 0) is 0 Å². The highest BCUT2D eigenvalue weighted by molar-refractivity contribution is 7.80. The molecule has 0 saturated carbocycles. The van der Waals surface area contributed by atoms with Gasteiger partial charge in [-0.05, 0) is 31.2 Å². The minimum atomic E-state index is -0.0644. The van der Waals surface area contributed by atoms with Crippen LogP contribution in [0, 0.1) is 0 Å². The molecule has 0 aliphatic carbocycles. The first-order valence-electron chi connectivity index (χ1n) is 5.23. The van der Waals surface area contributed by atoms with Gasteiger partial charge < -0.3 is 10.6 Å². The zero-order valence-corrected chi connectivity index (χ0v) is 11.4. The van der Waals surface area contributed by atoms with E-state index in [-0.39, 0.29) is 11.9 Å². The number of thiocarbonyl (C=S) groups is 1. The highest BCUT2D eigenvalue weighted by Crippen LogP contribution is 2.13. The van der Waals surface area contributed by atoms with Gasteiger partial charge in [-0.15, -0.1) is 0 Å². The lowest BCUT2D eigenvalue weighted by atomic mass is 10.1. The van der Waals surface area contributed by atoms with Crippen LogP contribution >= 0.6 is 23.8 Å². The van der Waals surface area contributed by atoms with Gasteiger partial charge in [0.25, 0.3) is 5.91 Å². The topological polar surface area (TPSA) is 46.3 Å². The third-order valence-corrected chi connectivity index (χ3v) is 2.99. The number of nitrogens with zero attached hydrogens (tertiary/aromatic N) is 1. The van der Waals surface area contributed by atoms with Crippen molar-refractivity contribution in [2.24, 2.45) is 5.73 Å². The summed E-state index contributed by atoms with van der Waals surface area (Å²) in [4.78, 5) is 14.1. The molecule has 3 nitrogen and oxygen atoms in total. The fraction of sp³-hybridized carbons (Fsp3) is 0.333. The van der Waals surface area contributed by atoms with Gasteiger partial charge in [0, 0.05) is 30.1 Å². The van der Waals surface area contributed by atoms with Crippen molar-refractivity contribution in [1.82, 2.24) is 4.90 Å². The molecule has 1 rings (SSSR count). The van der Waals surface area contributed by atoms with E-state index in [1.54, 1.807) is 36.2 Å². The molecule has 1 aromatic rings. The average Bonchev–Trinajstić information content (AvgIpc) is 2.27. The molecule has 0 aliphatic heterocycles. The molecule has 1 aromatic carbocycles. The van der Waals surface area contributed by atoms with Crippen molar-refractivity contribution < 1.29 is 4.79 Å². The third kappa shape index (κ3) is 3.98. The first-order chi connectivity index (χ1) is 7.91. The second-order valence-corrected chi connectivity index (χ2v) is 4.90. The summed E-state index contributed by atoms with van der Waals surface area (Å²) in [6.07, 6.45) is 0.519. The van der Waals surface area contributed by atoms with Crippen LogP contribution in [0.2, 0.25) is 5.02 Å². The summed E-state index contributed by atoms with van der Waals surface area (Å²) in [7, 11) is 1.74. The lowest BCUT2D eigenvalue weighted by Gasteiger charge is -2.24. The van der Waals surface area contributed by atoms with E-state index < -0.39 is 0 Å². The van der Waals surface area contributed by atoms with Crippen molar-refractivity contribution >= 4 is 34.7 Å². The van der Waals surface area contributed by atoms with E-state index in [1.807, 2.05) is 6.92 Å². The fourth-order valence-electron chi connectivity index (χ4n) is 1.42. The van der Waals surface area contributed by atoms with E-state index in [0.29, 0.717) is 22.0 Å². The molecule has 1 unspecified atom stereocenters. The van der Waals surface area contributed by atoms with Gasteiger partial charge in [-0.2, -0.15) is 0 Å². The van der Waals surface area contributed by atoms with Crippen LogP contribution in [0.15, 0.2) is 24.3 Å². The second kappa shape index (κ2) is 5.98. The molecule has 2 N–H and O–H groups in total. The summed E-state index contributed by atoms with van der Waals surface area (Å²) in [6, 6.07) is 6.78. The average molecular weight is 271 g/mol. The molecule has 0 bridgehead atoms. The fourth-order valence-corrected chi connectivity index (χ4v) is 1.79. The Morgan fingerprint density at radius 2 is 2.00 bits per heavy atom. The van der Waals surface area contributed by atoms with Crippen molar-refractivity contribution in [1.29, 1.82) is 0 Å². The second-order valence-electron chi connectivity index (χ2n) is 3.94. The molecule has 0 aromatic heterocycles. The number of benzene rings is 1. The SMILES string of the molecule is CC(CC(N)=S)N(C)C(=O)c1ccc(Cl)cc1. The standard InChI is InChI=1S/C12H15ClN2OS/c1-8(7-11(14)17)15(2)12(16)9-3-5-10(13)6-4-9/h3-6,8H,7H2,1-2H3,(H2,14,17). The van der Waals surface area contributed by atoms with Crippen LogP contribution in [0.4, 0.5) is 0 Å². The number of carbonyl (C=O) groups is 1. The molecule has 0 fully saturated rings. The monoisotopic (exact) mass is 270 g/mol. The smallest absolute Gasteiger partial charge is 0.253 e. The third-order valence-electron chi connectivity index (χ3n) is 2.57. The molecule has 1 amide bonds. The molecule has 5 heteroatoms. The summed E-state index contributed by atoms with van der Waals surface area (Å²) < 4.78 is 0. The number of nitrogens with two attached hydrogens (primary N) is 1. The maximum absolute atomic E-state index is 12.1. The Hall–Kier alpha value is -1.13. The van der Waals surface area contributed by atoms with Gasteiger partial charge in [-0.1, -0.05) is 23.8 Å². The van der Waals surface area contributed by atoms with Gasteiger partial charge >= 0.3 is 0 Å². The van der Waals surface area contributed by atoms with E-state index in [1.165, 1.54) is 0 Å². The van der Waals surface area contributed by atoms with Crippen LogP contribution in [0.3, 0.4) is 0 Å². The zero-order valence-electron chi connectivity index (χ0n) is 9.81. The van der Waals surface area contributed by atoms with Crippen molar-refractivity contribution in [2.45, 2.75) is 19.4 Å². The molecule has 0 aliphatic rings. The summed E-state index contributed by atoms with van der Waals surface area (Å²) in [5, 5.41) is 0.611. The van der Waals surface area contributed by atoms with E-state index in [2.05, 4.69) is 0 Å². The first kappa shape index (κ1) is 13.9. The zero-order chi connectivity index (χ0) is 13.0. The normalized spacial score (nSPS) is 11.9. The summed E-state index contributed by atoms with van der Waals surface area (Å²) in [5.41, 5.74) is 6.07. The molecule has 0 heterocycles. The Morgan fingerprint density at radius 3 is 2.47 bits per heavy atom. The lowest BCUT2D eigenvalue weighted by molar-refractivity contribution is 0.0748. The molecule has 1 atom stereocenters.